The molecule has 0 aromatic rings. The van der Waals surface area contributed by atoms with Crippen LogP contribution in [0.2, 0.25) is 0 Å². The Balaban J connectivity index is 1.30. The molecule has 5 aliphatic heterocycles. The van der Waals surface area contributed by atoms with Crippen LogP contribution in [0.3, 0.4) is 0 Å². The molecule has 5 saturated heterocycles. The zero-order valence-electron chi connectivity index (χ0n) is 37.4. The number of hydrogen-bond acceptors (Lipinski definition) is 27. The van der Waals surface area contributed by atoms with Crippen molar-refractivity contribution < 1.29 is 134 Å². The Bertz CT molecular complexity index is 1620. The van der Waals surface area contributed by atoms with Crippen molar-refractivity contribution in [1.29, 1.82) is 0 Å². The number of ether oxygens (including phenoxy) is 9. The van der Waals surface area contributed by atoms with Crippen LogP contribution in [0.5, 0.6) is 0 Å². The van der Waals surface area contributed by atoms with Gasteiger partial charge in [0.05, 0.1) is 39.6 Å². The molecule has 0 aromatic carbocycles. The summed E-state index contributed by atoms with van der Waals surface area (Å²) < 4.78 is 51.0. The van der Waals surface area contributed by atoms with E-state index in [4.69, 9.17) is 42.6 Å². The predicted octanol–water partition coefficient (Wildman–Crippen LogP) is -11.4. The van der Waals surface area contributed by atoms with Crippen molar-refractivity contribution in [3.05, 3.63) is 0 Å². The van der Waals surface area contributed by atoms with Gasteiger partial charge in [-0.2, -0.15) is 0 Å². The number of aliphatic hydroxyl groups excluding tert-OH is 15. The first-order valence-corrected chi connectivity index (χ1v) is 22.3. The number of nitrogens with one attached hydrogen (secondary N) is 3. The third-order valence-electron chi connectivity index (χ3n) is 12.3. The lowest BCUT2D eigenvalue weighted by molar-refractivity contribution is -0.385. The number of carbonyl (C=O) groups excluding carboxylic acids is 3. The molecule has 25 atom stereocenters. The van der Waals surface area contributed by atoms with Gasteiger partial charge < -0.3 is 135 Å². The van der Waals surface area contributed by atoms with Gasteiger partial charge in [0.1, 0.15) is 122 Å². The molecule has 400 valence electrons. The van der Waals surface area contributed by atoms with Gasteiger partial charge in [-0.3, -0.25) is 14.4 Å². The standard InChI is InChI=1S/C39H67N3O27/c1-3-4-5-18(49)40-6-19(50)42-35-27(57)26(56)32(16(10-46)61-35)67-39-29(59)33(22(52)14(8-44)64-39)68-36-20(41-12(2)48)24(54)31(17(11-47)65-36)66-38-30(60)34(23(53)15(9-45)63-38)69-37-28(58)25(55)21(51)13(7-43)62-37/h13-17,20-39,43-47,51-60H,3-11H2,1-2H3,(H,40,49)(H,41,48)(H,42,50)/t13-,14?,15-,16-,17?,20-,21-,22-,23-,24?,25?,26?,27?,28?,29-,30?,31+,32+,33?,34?,35+,36-,37+,38-,39-/m0/s1. The minimum absolute atomic E-state index is 0.165. The molecule has 0 saturated carbocycles. The van der Waals surface area contributed by atoms with Crippen molar-refractivity contribution in [2.75, 3.05) is 39.6 Å². The summed E-state index contributed by atoms with van der Waals surface area (Å²) in [7, 11) is 0. The van der Waals surface area contributed by atoms with Crippen LogP contribution in [0, 0.1) is 0 Å². The molecule has 10 unspecified atom stereocenters. The van der Waals surface area contributed by atoms with Crippen molar-refractivity contribution in [1.82, 2.24) is 16.0 Å². The number of rotatable bonds is 20. The van der Waals surface area contributed by atoms with E-state index in [1.807, 2.05) is 6.92 Å². The van der Waals surface area contributed by atoms with Crippen LogP contribution in [0.4, 0.5) is 0 Å². The van der Waals surface area contributed by atoms with Crippen molar-refractivity contribution in [3.8, 4) is 0 Å². The van der Waals surface area contributed by atoms with E-state index >= 15 is 0 Å². The van der Waals surface area contributed by atoms with Crippen LogP contribution >= 0.6 is 0 Å². The molecular formula is C39H67N3O27. The van der Waals surface area contributed by atoms with Crippen molar-refractivity contribution in [2.24, 2.45) is 0 Å². The highest BCUT2D eigenvalue weighted by molar-refractivity contribution is 5.84. The van der Waals surface area contributed by atoms with E-state index in [9.17, 15) is 91.0 Å². The Kier molecular flexibility index (Phi) is 21.5. The Morgan fingerprint density at radius 2 is 0.884 bits per heavy atom. The third-order valence-corrected chi connectivity index (χ3v) is 12.3. The summed E-state index contributed by atoms with van der Waals surface area (Å²) in [5, 5.41) is 167. The number of unbranched alkanes of at least 4 members (excludes halogenated alkanes) is 1. The van der Waals surface area contributed by atoms with E-state index in [0.717, 1.165) is 13.3 Å². The molecule has 0 aromatic heterocycles. The van der Waals surface area contributed by atoms with E-state index in [2.05, 4.69) is 16.0 Å². The molecular weight excluding hydrogens is 942 g/mol. The number of aliphatic hydroxyl groups is 15. The van der Waals surface area contributed by atoms with Crippen LogP contribution in [0.15, 0.2) is 0 Å². The SMILES string of the molecule is CCCCC(=O)NCC(=O)N[C@@H]1O[C@@H](CO)[C@@H](O[C@@H]2OC(CO)[C@H](O)C(O[C@@H]3OC(CO)[C@@H](O[C@@H]4O[C@@H](CO)[C@H](O)C(O[C@H]5O[C@@H](CO)[C@H](O)C(O)C5O)C4O)C(O)[C@@H]3NC(C)=O)[C@@H]2O)C(O)C1O. The summed E-state index contributed by atoms with van der Waals surface area (Å²) in [6.45, 7) is -2.37. The first kappa shape index (κ1) is 57.4. The molecule has 0 aliphatic carbocycles. The molecule has 5 rings (SSSR count). The van der Waals surface area contributed by atoms with Gasteiger partial charge >= 0.3 is 0 Å². The van der Waals surface area contributed by atoms with Crippen LogP contribution in [0.1, 0.15) is 33.1 Å². The Morgan fingerprint density at radius 1 is 0.449 bits per heavy atom. The maximum atomic E-state index is 12.5. The molecule has 0 radical (unpaired) electrons. The summed E-state index contributed by atoms with van der Waals surface area (Å²) in [5.41, 5.74) is 0. The van der Waals surface area contributed by atoms with Gasteiger partial charge in [-0.25, -0.2) is 0 Å². The number of carbonyl (C=O) groups is 3. The first-order valence-electron chi connectivity index (χ1n) is 22.3. The largest absolute Gasteiger partial charge is 0.394 e. The van der Waals surface area contributed by atoms with E-state index in [1.54, 1.807) is 0 Å². The van der Waals surface area contributed by atoms with Crippen LogP contribution in [-0.2, 0) is 57.0 Å². The lowest BCUT2D eigenvalue weighted by Crippen LogP contribution is -2.70. The second-order valence-electron chi connectivity index (χ2n) is 17.2. The second kappa shape index (κ2) is 25.9. The van der Waals surface area contributed by atoms with Gasteiger partial charge in [-0.1, -0.05) is 13.3 Å². The Labute approximate surface area is 393 Å². The highest BCUT2D eigenvalue weighted by atomic mass is 16.8. The van der Waals surface area contributed by atoms with Crippen LogP contribution in [0.25, 0.3) is 0 Å². The van der Waals surface area contributed by atoms with Gasteiger partial charge in [0.25, 0.3) is 0 Å². The molecule has 30 heteroatoms. The summed E-state index contributed by atoms with van der Waals surface area (Å²) in [4.78, 5) is 37.0. The fourth-order valence-electron chi connectivity index (χ4n) is 8.38. The van der Waals surface area contributed by atoms with Crippen molar-refractivity contribution in [2.45, 2.75) is 187 Å². The molecule has 0 bridgehead atoms. The lowest BCUT2D eigenvalue weighted by atomic mass is 9.94. The Morgan fingerprint density at radius 3 is 1.38 bits per heavy atom. The quantitative estimate of drug-likeness (QED) is 0.0538. The number of amides is 3. The summed E-state index contributed by atoms with van der Waals surface area (Å²) >= 11 is 0. The van der Waals surface area contributed by atoms with E-state index < -0.39 is 211 Å². The minimum atomic E-state index is -2.14. The van der Waals surface area contributed by atoms with Gasteiger partial charge in [0.2, 0.25) is 17.7 Å². The summed E-state index contributed by atoms with van der Waals surface area (Å²) in [6.07, 6.45) is -43.3. The molecule has 5 heterocycles. The van der Waals surface area contributed by atoms with E-state index in [-0.39, 0.29) is 6.42 Å². The molecule has 0 spiro atoms. The summed E-state index contributed by atoms with van der Waals surface area (Å²) in [6, 6.07) is -1.76. The zero-order valence-corrected chi connectivity index (χ0v) is 37.4. The average Bonchev–Trinajstić information content (AvgIpc) is 3.32. The minimum Gasteiger partial charge on any atom is -0.394 e. The molecule has 69 heavy (non-hydrogen) atoms. The molecule has 3 amide bonds. The van der Waals surface area contributed by atoms with Crippen molar-refractivity contribution in [3.63, 3.8) is 0 Å². The molecule has 5 aliphatic rings. The average molecular weight is 1010 g/mol. The fourth-order valence-corrected chi connectivity index (χ4v) is 8.38. The van der Waals surface area contributed by atoms with Gasteiger partial charge in [0, 0.05) is 13.3 Å². The first-order chi connectivity index (χ1) is 32.7. The van der Waals surface area contributed by atoms with Gasteiger partial charge in [-0.05, 0) is 6.42 Å². The predicted molar refractivity (Wildman–Crippen MR) is 217 cm³/mol. The highest BCUT2D eigenvalue weighted by Gasteiger charge is 2.57. The normalized spacial score (nSPS) is 45.1. The van der Waals surface area contributed by atoms with Gasteiger partial charge in [0.15, 0.2) is 31.4 Å². The van der Waals surface area contributed by atoms with E-state index in [0.29, 0.717) is 6.42 Å². The third kappa shape index (κ3) is 13.4. The Hall–Kier alpha value is -2.55. The lowest BCUT2D eigenvalue weighted by Gasteiger charge is -2.50. The topological polar surface area (TPSA) is 474 Å². The maximum absolute atomic E-state index is 12.5. The van der Waals surface area contributed by atoms with E-state index in [1.165, 1.54) is 0 Å². The molecule has 30 nitrogen and oxygen atoms in total. The van der Waals surface area contributed by atoms with Gasteiger partial charge in [-0.15, -0.1) is 0 Å². The summed E-state index contributed by atoms with van der Waals surface area (Å²) in [5.74, 6) is -2.07. The van der Waals surface area contributed by atoms with Crippen LogP contribution < -0.4 is 16.0 Å². The smallest absolute Gasteiger partial charge is 0.241 e. The maximum Gasteiger partial charge on any atom is 0.241 e. The molecule has 18 N–H and O–H groups in total. The van der Waals surface area contributed by atoms with Crippen molar-refractivity contribution >= 4 is 17.7 Å². The van der Waals surface area contributed by atoms with Crippen LogP contribution in [-0.4, -0.2) is 287 Å². The second-order valence-corrected chi connectivity index (χ2v) is 17.2. The molecule has 5 fully saturated rings. The highest BCUT2D eigenvalue weighted by Crippen LogP contribution is 2.36. The fraction of sp³-hybridized carbons (Fsp3) is 0.923. The monoisotopic (exact) mass is 1010 g/mol. The zero-order chi connectivity index (χ0) is 51.0. The number of hydrogen-bond donors (Lipinski definition) is 18.